The van der Waals surface area contributed by atoms with Gasteiger partial charge in [-0.15, -0.1) is 35.7 Å². The smallest absolute Gasteiger partial charge is 0.193 e. The number of hydrogen-bond donors (Lipinski definition) is 1. The largest absolute Gasteiger partial charge is 0.379 e. The van der Waals surface area contributed by atoms with E-state index in [1.54, 1.807) is 0 Å². The quantitative estimate of drug-likeness (QED) is 0.147. The summed E-state index contributed by atoms with van der Waals surface area (Å²) in [5, 5.41) is 3.42. The van der Waals surface area contributed by atoms with Gasteiger partial charge in [0.2, 0.25) is 0 Å². The van der Waals surface area contributed by atoms with Gasteiger partial charge >= 0.3 is 0 Å². The second kappa shape index (κ2) is 16.3. The van der Waals surface area contributed by atoms with Crippen LogP contribution in [0.2, 0.25) is 0 Å². The van der Waals surface area contributed by atoms with Crippen LogP contribution in [0.1, 0.15) is 26.2 Å². The number of ether oxygens (including phenoxy) is 2. The second-order valence-corrected chi connectivity index (χ2v) is 7.87. The Morgan fingerprint density at radius 3 is 2.64 bits per heavy atom. The van der Waals surface area contributed by atoms with Crippen molar-refractivity contribution in [2.45, 2.75) is 31.1 Å². The zero-order valence-corrected chi connectivity index (χ0v) is 20.4. The number of aliphatic imine (C=N–C) groups is 1. The van der Waals surface area contributed by atoms with Crippen LogP contribution >= 0.6 is 35.7 Å². The maximum atomic E-state index is 5.62. The number of rotatable bonds is 12. The van der Waals surface area contributed by atoms with E-state index in [2.05, 4.69) is 52.5 Å². The summed E-state index contributed by atoms with van der Waals surface area (Å²) >= 11 is 1.95. The molecule has 0 saturated carbocycles. The first-order valence-electron chi connectivity index (χ1n) is 10.1. The van der Waals surface area contributed by atoms with Gasteiger partial charge in [-0.1, -0.05) is 31.5 Å². The predicted molar refractivity (Wildman–Crippen MR) is 130 cm³/mol. The summed E-state index contributed by atoms with van der Waals surface area (Å²) in [7, 11) is 1.86. The third-order valence-electron chi connectivity index (χ3n) is 4.57. The molecule has 5 nitrogen and oxygen atoms in total. The van der Waals surface area contributed by atoms with Crippen LogP contribution in [0.15, 0.2) is 40.2 Å². The Kier molecular flexibility index (Phi) is 14.9. The van der Waals surface area contributed by atoms with Gasteiger partial charge in [-0.05, 0) is 30.9 Å². The molecule has 1 saturated heterocycles. The van der Waals surface area contributed by atoms with Crippen molar-refractivity contribution in [2.24, 2.45) is 10.9 Å². The molecule has 1 N–H and O–H groups in total. The Labute approximate surface area is 192 Å². The zero-order chi connectivity index (χ0) is 19.2. The van der Waals surface area contributed by atoms with Crippen LogP contribution in [-0.4, -0.2) is 69.7 Å². The maximum absolute atomic E-state index is 5.62. The molecule has 1 aliphatic heterocycles. The predicted octanol–water partition coefficient (Wildman–Crippen LogP) is 4.13. The minimum absolute atomic E-state index is 0. The van der Waals surface area contributed by atoms with Crippen LogP contribution in [0.25, 0.3) is 0 Å². The van der Waals surface area contributed by atoms with Crippen molar-refractivity contribution in [3.05, 3.63) is 30.3 Å². The van der Waals surface area contributed by atoms with Crippen LogP contribution < -0.4 is 5.32 Å². The number of likely N-dealkylation sites (tertiary alicyclic amines) is 1. The summed E-state index contributed by atoms with van der Waals surface area (Å²) in [5.41, 5.74) is 0. The zero-order valence-electron chi connectivity index (χ0n) is 17.3. The van der Waals surface area contributed by atoms with Gasteiger partial charge in [-0.2, -0.15) is 0 Å². The highest BCUT2D eigenvalue weighted by Gasteiger charge is 2.24. The second-order valence-electron chi connectivity index (χ2n) is 6.78. The number of guanidine groups is 1. The van der Waals surface area contributed by atoms with Gasteiger partial charge in [0.25, 0.3) is 0 Å². The lowest BCUT2D eigenvalue weighted by Crippen LogP contribution is -2.41. The van der Waals surface area contributed by atoms with E-state index in [1.165, 1.54) is 23.5 Å². The molecule has 0 spiro atoms. The van der Waals surface area contributed by atoms with Crippen molar-refractivity contribution < 1.29 is 9.47 Å². The van der Waals surface area contributed by atoms with Crippen molar-refractivity contribution in [1.29, 1.82) is 0 Å². The molecule has 1 atom stereocenters. The van der Waals surface area contributed by atoms with Crippen molar-refractivity contribution in [1.82, 2.24) is 10.2 Å². The van der Waals surface area contributed by atoms with Gasteiger partial charge in [0.1, 0.15) is 0 Å². The fourth-order valence-electron chi connectivity index (χ4n) is 3.03. The summed E-state index contributed by atoms with van der Waals surface area (Å²) in [6.45, 7) is 7.96. The third-order valence-corrected chi connectivity index (χ3v) is 5.81. The molecule has 0 bridgehead atoms. The molecule has 28 heavy (non-hydrogen) atoms. The summed E-state index contributed by atoms with van der Waals surface area (Å²) < 4.78 is 11.1. The first kappa shape index (κ1) is 25.5. The molecule has 1 heterocycles. The lowest BCUT2D eigenvalue weighted by Gasteiger charge is -2.21. The first-order valence-corrected chi connectivity index (χ1v) is 11.1. The molecule has 0 aromatic heterocycles. The monoisotopic (exact) mass is 521 g/mol. The normalized spacial score (nSPS) is 16.9. The average Bonchev–Trinajstić information content (AvgIpc) is 3.17. The number of thioether (sulfide) groups is 1. The topological polar surface area (TPSA) is 46.1 Å². The molecule has 7 heteroatoms. The molecule has 2 rings (SSSR count). The Morgan fingerprint density at radius 1 is 1.18 bits per heavy atom. The molecule has 160 valence electrons. The van der Waals surface area contributed by atoms with E-state index in [-0.39, 0.29) is 24.0 Å². The van der Waals surface area contributed by atoms with Gasteiger partial charge in [0, 0.05) is 43.9 Å². The highest BCUT2D eigenvalue weighted by atomic mass is 127. The number of hydrogen-bond acceptors (Lipinski definition) is 4. The van der Waals surface area contributed by atoms with E-state index in [9.17, 15) is 0 Å². The molecular weight excluding hydrogens is 485 g/mol. The minimum atomic E-state index is 0. The fourth-order valence-corrected chi connectivity index (χ4v) is 4.08. The molecule has 0 radical (unpaired) electrons. The number of halogens is 1. The Morgan fingerprint density at radius 2 is 1.93 bits per heavy atom. The molecular formula is C21H36IN3O2S. The van der Waals surface area contributed by atoms with Gasteiger partial charge in [0.15, 0.2) is 5.96 Å². The molecule has 1 aromatic rings. The van der Waals surface area contributed by atoms with E-state index in [1.807, 2.05) is 18.8 Å². The molecule has 0 aliphatic carbocycles. The highest BCUT2D eigenvalue weighted by Crippen LogP contribution is 2.25. The number of unbranched alkanes of at least 4 members (excludes halogenated alkanes) is 1. The van der Waals surface area contributed by atoms with E-state index in [4.69, 9.17) is 9.47 Å². The van der Waals surface area contributed by atoms with Gasteiger partial charge in [-0.25, -0.2) is 0 Å². The molecule has 0 amide bonds. The van der Waals surface area contributed by atoms with Gasteiger partial charge in [-0.3, -0.25) is 4.99 Å². The summed E-state index contributed by atoms with van der Waals surface area (Å²) in [6.07, 6.45) is 3.52. The average molecular weight is 522 g/mol. The van der Waals surface area contributed by atoms with Crippen LogP contribution in [-0.2, 0) is 9.47 Å². The first-order chi connectivity index (χ1) is 13.3. The van der Waals surface area contributed by atoms with Crippen LogP contribution in [0, 0.1) is 5.92 Å². The summed E-state index contributed by atoms with van der Waals surface area (Å²) in [6, 6.07) is 10.7. The van der Waals surface area contributed by atoms with Crippen molar-refractivity contribution in [3.8, 4) is 0 Å². The number of nitrogens with zero attached hydrogens (tertiary/aromatic N) is 2. The third kappa shape index (κ3) is 10.3. The minimum Gasteiger partial charge on any atom is -0.379 e. The van der Waals surface area contributed by atoms with Crippen LogP contribution in [0.4, 0.5) is 0 Å². The van der Waals surface area contributed by atoms with Crippen LogP contribution in [0.5, 0.6) is 0 Å². The maximum Gasteiger partial charge on any atom is 0.193 e. The van der Waals surface area contributed by atoms with E-state index >= 15 is 0 Å². The van der Waals surface area contributed by atoms with E-state index in [0.717, 1.165) is 38.6 Å². The molecule has 1 aliphatic rings. The lowest BCUT2D eigenvalue weighted by atomic mass is 10.2. The SMILES string of the molecule is CCCCOCCOCCNC(=NC)N1CCC(CSc2ccccc2)C1.I. The van der Waals surface area contributed by atoms with Crippen molar-refractivity contribution >= 4 is 41.7 Å². The van der Waals surface area contributed by atoms with Crippen molar-refractivity contribution in [2.75, 3.05) is 58.9 Å². The summed E-state index contributed by atoms with van der Waals surface area (Å²) in [5.74, 6) is 2.87. The molecule has 1 unspecified atom stereocenters. The number of nitrogens with one attached hydrogen (secondary N) is 1. The highest BCUT2D eigenvalue weighted by molar-refractivity contribution is 14.0. The standard InChI is InChI=1S/C21H35N3O2S.HI/c1-3-4-13-25-15-16-26-14-11-23-21(22-2)24-12-10-19(17-24)18-27-20-8-6-5-7-9-20;/h5-9,19H,3-4,10-18H2,1-2H3,(H,22,23);1H. The fraction of sp³-hybridized carbons (Fsp3) is 0.667. The van der Waals surface area contributed by atoms with Crippen molar-refractivity contribution in [3.63, 3.8) is 0 Å². The Bertz CT molecular complexity index is 534. The van der Waals surface area contributed by atoms with E-state index < -0.39 is 0 Å². The lowest BCUT2D eigenvalue weighted by molar-refractivity contribution is 0.0486. The molecule has 1 aromatic carbocycles. The van der Waals surface area contributed by atoms with Gasteiger partial charge < -0.3 is 19.7 Å². The Hall–Kier alpha value is -0.510. The Balaban J connectivity index is 0.00000392. The van der Waals surface area contributed by atoms with Gasteiger partial charge in [0.05, 0.1) is 19.8 Å². The van der Waals surface area contributed by atoms with E-state index in [0.29, 0.717) is 25.7 Å². The number of benzene rings is 1. The van der Waals surface area contributed by atoms with Crippen LogP contribution in [0.3, 0.4) is 0 Å². The molecule has 1 fully saturated rings. The summed E-state index contributed by atoms with van der Waals surface area (Å²) in [4.78, 5) is 8.16.